The molecule has 1 N–H and O–H groups in total. The number of hydrogen-bond donors (Lipinski definition) is 1. The Balaban J connectivity index is 1.49. The molecule has 8 heteroatoms. The predicted octanol–water partition coefficient (Wildman–Crippen LogP) is 2.34. The second-order valence-electron chi connectivity index (χ2n) is 7.62. The Bertz CT molecular complexity index is 757. The fraction of sp³-hybridized carbons (Fsp3) is 0.632. The summed E-state index contributed by atoms with van der Waals surface area (Å²) in [5, 5.41) is 3.55. The Kier molecular flexibility index (Phi) is 6.46. The predicted molar refractivity (Wildman–Crippen MR) is 106 cm³/mol. The summed E-state index contributed by atoms with van der Waals surface area (Å²) in [6.45, 7) is 3.48. The van der Waals surface area contributed by atoms with Crippen LogP contribution in [0.15, 0.2) is 29.2 Å². The number of sulfonamides is 1. The van der Waals surface area contributed by atoms with Gasteiger partial charge in [-0.25, -0.2) is 8.42 Å². The van der Waals surface area contributed by atoms with Crippen LogP contribution in [0.1, 0.15) is 32.6 Å². The fourth-order valence-electron chi connectivity index (χ4n) is 3.49. The van der Waals surface area contributed by atoms with Gasteiger partial charge in [0.1, 0.15) is 0 Å². The molecule has 2 aliphatic rings. The summed E-state index contributed by atoms with van der Waals surface area (Å²) in [5.74, 6) is -0.0883. The van der Waals surface area contributed by atoms with Crippen LogP contribution >= 0.6 is 11.6 Å². The Morgan fingerprint density at radius 3 is 2.37 bits per heavy atom. The van der Waals surface area contributed by atoms with Gasteiger partial charge in [0.2, 0.25) is 15.9 Å². The molecule has 0 bridgehead atoms. The summed E-state index contributed by atoms with van der Waals surface area (Å²) in [5.41, 5.74) is 0. The van der Waals surface area contributed by atoms with E-state index in [1.807, 2.05) is 0 Å². The number of nitrogens with zero attached hydrogens (tertiary/aromatic N) is 2. The minimum Gasteiger partial charge on any atom is -0.354 e. The van der Waals surface area contributed by atoms with Crippen molar-refractivity contribution in [2.45, 2.75) is 49.6 Å². The van der Waals surface area contributed by atoms with Crippen LogP contribution in [0.25, 0.3) is 0 Å². The molecule has 1 heterocycles. The normalized spacial score (nSPS) is 20.6. The molecular formula is C19H28ClN3O3S. The molecule has 1 atom stereocenters. The third-order valence-corrected chi connectivity index (χ3v) is 7.83. The van der Waals surface area contributed by atoms with E-state index < -0.39 is 10.0 Å². The molecule has 150 valence electrons. The highest BCUT2D eigenvalue weighted by Gasteiger charge is 2.33. The summed E-state index contributed by atoms with van der Waals surface area (Å²) in [4.78, 5) is 15.0. The lowest BCUT2D eigenvalue weighted by molar-refractivity contribution is -0.126. The molecule has 6 nitrogen and oxygen atoms in total. The van der Waals surface area contributed by atoms with E-state index in [0.717, 1.165) is 0 Å². The Morgan fingerprint density at radius 2 is 1.81 bits per heavy atom. The van der Waals surface area contributed by atoms with Crippen molar-refractivity contribution in [3.63, 3.8) is 0 Å². The maximum Gasteiger partial charge on any atom is 0.243 e. The van der Waals surface area contributed by atoms with Gasteiger partial charge in [0.25, 0.3) is 0 Å². The van der Waals surface area contributed by atoms with Gasteiger partial charge in [-0.3, -0.25) is 9.69 Å². The van der Waals surface area contributed by atoms with E-state index >= 15 is 0 Å². The maximum atomic E-state index is 12.7. The van der Waals surface area contributed by atoms with Crippen LogP contribution in [-0.4, -0.2) is 62.3 Å². The molecule has 1 saturated carbocycles. The number of hydrogen-bond acceptors (Lipinski definition) is 4. The molecule has 0 radical (unpaired) electrons. The van der Waals surface area contributed by atoms with Crippen molar-refractivity contribution in [2.24, 2.45) is 5.92 Å². The van der Waals surface area contributed by atoms with Crippen LogP contribution in [-0.2, 0) is 14.8 Å². The topological polar surface area (TPSA) is 69.7 Å². The van der Waals surface area contributed by atoms with Crippen LogP contribution in [0.4, 0.5) is 0 Å². The van der Waals surface area contributed by atoms with Gasteiger partial charge >= 0.3 is 0 Å². The average Bonchev–Trinajstić information content (AvgIpc) is 3.51. The van der Waals surface area contributed by atoms with Gasteiger partial charge in [-0.1, -0.05) is 11.6 Å². The number of carbonyl (C=O) groups is 1. The fourth-order valence-corrected chi connectivity index (χ4v) is 5.09. The van der Waals surface area contributed by atoms with Crippen molar-refractivity contribution in [3.8, 4) is 0 Å². The van der Waals surface area contributed by atoms with E-state index in [1.165, 1.54) is 29.3 Å². The van der Waals surface area contributed by atoms with E-state index in [2.05, 4.69) is 24.2 Å². The summed E-state index contributed by atoms with van der Waals surface area (Å²) in [7, 11) is -1.43. The van der Waals surface area contributed by atoms with Crippen LogP contribution in [0.3, 0.4) is 0 Å². The van der Waals surface area contributed by atoms with Crippen molar-refractivity contribution in [1.82, 2.24) is 14.5 Å². The van der Waals surface area contributed by atoms with Crippen molar-refractivity contribution in [2.75, 3.05) is 26.7 Å². The first-order valence-corrected chi connectivity index (χ1v) is 11.4. The molecule has 1 aliphatic heterocycles. The molecule has 0 aromatic heterocycles. The molecular weight excluding hydrogens is 386 g/mol. The largest absolute Gasteiger partial charge is 0.354 e. The number of amides is 1. The molecule has 1 aromatic rings. The molecule has 27 heavy (non-hydrogen) atoms. The third-order valence-electron chi connectivity index (χ3n) is 5.67. The van der Waals surface area contributed by atoms with Gasteiger partial charge < -0.3 is 5.32 Å². The zero-order chi connectivity index (χ0) is 19.6. The third kappa shape index (κ3) is 5.02. The van der Waals surface area contributed by atoms with Crippen molar-refractivity contribution in [3.05, 3.63) is 29.3 Å². The van der Waals surface area contributed by atoms with Crippen LogP contribution in [0.5, 0.6) is 0 Å². The van der Waals surface area contributed by atoms with Gasteiger partial charge in [0.15, 0.2) is 0 Å². The number of nitrogens with one attached hydrogen (secondary N) is 1. The number of carbonyl (C=O) groups excluding carboxylic acids is 1. The summed E-state index contributed by atoms with van der Waals surface area (Å²) in [6.07, 6.45) is 3.58. The van der Waals surface area contributed by atoms with Gasteiger partial charge in [-0.2, -0.15) is 4.31 Å². The number of benzene rings is 1. The van der Waals surface area contributed by atoms with E-state index in [4.69, 9.17) is 11.6 Å². The van der Waals surface area contributed by atoms with Gasteiger partial charge in [0.05, 0.1) is 4.90 Å². The van der Waals surface area contributed by atoms with Gasteiger partial charge in [-0.15, -0.1) is 0 Å². The standard InChI is InChI=1S/C19H28ClN3O3S/c1-14(22(2)17-5-6-17)13-21-19(24)15-9-11-23(12-10-15)27(25,26)18-7-3-16(20)4-8-18/h3-4,7-8,14-15,17H,5-6,9-13H2,1-2H3,(H,21,24). The first-order valence-electron chi connectivity index (χ1n) is 9.54. The first kappa shape index (κ1) is 20.6. The molecule has 1 aliphatic carbocycles. The maximum absolute atomic E-state index is 12.7. The van der Waals surface area contributed by atoms with E-state index in [1.54, 1.807) is 12.1 Å². The SMILES string of the molecule is CC(CNC(=O)C1CCN(S(=O)(=O)c2ccc(Cl)cc2)CC1)N(C)C1CC1. The number of rotatable bonds is 7. The van der Waals surface area contributed by atoms with Crippen molar-refractivity contribution in [1.29, 1.82) is 0 Å². The smallest absolute Gasteiger partial charge is 0.243 e. The van der Waals surface area contributed by atoms with Crippen molar-refractivity contribution >= 4 is 27.5 Å². The van der Waals surface area contributed by atoms with Crippen molar-refractivity contribution < 1.29 is 13.2 Å². The zero-order valence-corrected chi connectivity index (χ0v) is 17.5. The Morgan fingerprint density at radius 1 is 1.22 bits per heavy atom. The number of halogens is 1. The lowest BCUT2D eigenvalue weighted by Crippen LogP contribution is -2.46. The minimum absolute atomic E-state index is 0.0367. The van der Waals surface area contributed by atoms with Crippen LogP contribution in [0.2, 0.25) is 5.02 Å². The van der Waals surface area contributed by atoms with Crippen LogP contribution < -0.4 is 5.32 Å². The molecule has 1 saturated heterocycles. The zero-order valence-electron chi connectivity index (χ0n) is 15.9. The highest BCUT2D eigenvalue weighted by atomic mass is 35.5. The molecule has 3 rings (SSSR count). The molecule has 2 fully saturated rings. The van der Waals surface area contributed by atoms with E-state index in [9.17, 15) is 13.2 Å². The quantitative estimate of drug-likeness (QED) is 0.744. The van der Waals surface area contributed by atoms with E-state index in [0.29, 0.717) is 49.6 Å². The molecule has 1 amide bonds. The lowest BCUT2D eigenvalue weighted by Gasteiger charge is -2.31. The average molecular weight is 414 g/mol. The second kappa shape index (κ2) is 8.47. The minimum atomic E-state index is -3.53. The van der Waals surface area contributed by atoms with Gasteiger partial charge in [0, 0.05) is 42.7 Å². The molecule has 0 spiro atoms. The second-order valence-corrected chi connectivity index (χ2v) is 10.00. The first-order chi connectivity index (χ1) is 12.8. The highest BCUT2D eigenvalue weighted by Crippen LogP contribution is 2.27. The van der Waals surface area contributed by atoms with Crippen LogP contribution in [0, 0.1) is 5.92 Å². The number of piperidine rings is 1. The monoisotopic (exact) mass is 413 g/mol. The Labute approximate surface area is 166 Å². The molecule has 1 aromatic carbocycles. The Hall–Kier alpha value is -1.15. The summed E-state index contributed by atoms with van der Waals surface area (Å²) in [6, 6.07) is 7.18. The molecule has 1 unspecified atom stereocenters. The lowest BCUT2D eigenvalue weighted by atomic mass is 9.97. The summed E-state index contributed by atoms with van der Waals surface area (Å²) < 4.78 is 26.9. The number of likely N-dealkylation sites (N-methyl/N-ethyl adjacent to an activating group) is 1. The van der Waals surface area contributed by atoms with E-state index in [-0.39, 0.29) is 16.7 Å². The van der Waals surface area contributed by atoms with Gasteiger partial charge in [-0.05, 0) is 63.9 Å². The highest BCUT2D eigenvalue weighted by molar-refractivity contribution is 7.89. The summed E-state index contributed by atoms with van der Waals surface area (Å²) >= 11 is 5.84.